The zero-order valence-corrected chi connectivity index (χ0v) is 28.7. The van der Waals surface area contributed by atoms with E-state index >= 15 is 0 Å². The zero-order chi connectivity index (χ0) is 32.5. The van der Waals surface area contributed by atoms with Gasteiger partial charge in [-0.25, -0.2) is 0 Å². The largest absolute Gasteiger partial charge is 0.463 e. The third-order valence-electron chi connectivity index (χ3n) is 6.73. The van der Waals surface area contributed by atoms with Gasteiger partial charge in [-0.3, -0.25) is 4.79 Å². The lowest BCUT2D eigenvalue weighted by molar-refractivity contribution is -0.142. The molecular weight excluding hydrogens is 596 g/mol. The molecule has 0 N–H and O–H groups in total. The van der Waals surface area contributed by atoms with E-state index in [1.165, 1.54) is 17.3 Å². The van der Waals surface area contributed by atoms with E-state index in [2.05, 4.69) is 81.4 Å². The lowest BCUT2D eigenvalue weighted by Gasteiger charge is -2.43. The standard InChI is InChI=1S/C34H54O10Si/c1-31(35)43-29-27-41-25-23-39-21-19-37-17-15-36-16-18-38-20-22-40-24-26-42-28-30-44-45(34(2,3)4,32-11-7-5-8-12-32)33-13-9-6-10-14-33/h5-14H,15-30H2,1-4H3. The van der Waals surface area contributed by atoms with Crippen molar-refractivity contribution in [2.24, 2.45) is 0 Å². The minimum absolute atomic E-state index is 0.0554. The maximum atomic E-state index is 10.6. The van der Waals surface area contributed by atoms with Gasteiger partial charge in [0.15, 0.2) is 0 Å². The fourth-order valence-corrected chi connectivity index (χ4v) is 9.23. The first-order chi connectivity index (χ1) is 21.9. The van der Waals surface area contributed by atoms with E-state index < -0.39 is 8.32 Å². The van der Waals surface area contributed by atoms with E-state index in [0.717, 1.165) is 0 Å². The van der Waals surface area contributed by atoms with Crippen LogP contribution in [0.4, 0.5) is 0 Å². The SMILES string of the molecule is CC(=O)OCCOCCOCCOCCOCCOCCOCCOCCO[Si](c1ccccc1)(c1ccccc1)C(C)(C)C. The van der Waals surface area contributed by atoms with E-state index in [1.54, 1.807) is 0 Å². The van der Waals surface area contributed by atoms with Crippen molar-refractivity contribution in [1.82, 2.24) is 0 Å². The van der Waals surface area contributed by atoms with Gasteiger partial charge in [-0.15, -0.1) is 0 Å². The lowest BCUT2D eigenvalue weighted by Crippen LogP contribution is -2.66. The Balaban J connectivity index is 1.42. The number of esters is 1. The van der Waals surface area contributed by atoms with Gasteiger partial charge in [0.25, 0.3) is 8.32 Å². The normalized spacial score (nSPS) is 12.0. The molecule has 254 valence electrons. The molecular formula is C34H54O10Si. The van der Waals surface area contributed by atoms with Crippen molar-refractivity contribution in [3.63, 3.8) is 0 Å². The quantitative estimate of drug-likeness (QED) is 0.0814. The second kappa shape index (κ2) is 24.0. The Hall–Kier alpha value is -2.19. The Labute approximate surface area is 270 Å². The first kappa shape index (κ1) is 39.0. The summed E-state index contributed by atoms with van der Waals surface area (Å²) < 4.78 is 50.2. The summed E-state index contributed by atoms with van der Waals surface area (Å²) in [7, 11) is -2.53. The van der Waals surface area contributed by atoms with Crippen molar-refractivity contribution in [1.29, 1.82) is 0 Å². The number of ether oxygens (including phenoxy) is 8. The Morgan fingerprint density at radius 1 is 0.489 bits per heavy atom. The summed E-state index contributed by atoms with van der Waals surface area (Å²) in [6.45, 7) is 15.7. The summed E-state index contributed by atoms with van der Waals surface area (Å²) in [5, 5.41) is 2.47. The highest BCUT2D eigenvalue weighted by atomic mass is 28.4. The molecule has 0 spiro atoms. The van der Waals surface area contributed by atoms with Crippen LogP contribution in [0.15, 0.2) is 60.7 Å². The molecule has 0 heterocycles. The second-order valence-corrected chi connectivity index (χ2v) is 15.4. The molecule has 0 fully saturated rings. The minimum atomic E-state index is -2.53. The molecule has 0 bridgehead atoms. The van der Waals surface area contributed by atoms with E-state index in [1.807, 2.05) is 0 Å². The van der Waals surface area contributed by atoms with Crippen LogP contribution in [0.1, 0.15) is 27.7 Å². The predicted octanol–water partition coefficient (Wildman–Crippen LogP) is 3.24. The number of hydrogen-bond acceptors (Lipinski definition) is 10. The Morgan fingerprint density at radius 2 is 0.778 bits per heavy atom. The van der Waals surface area contributed by atoms with Crippen LogP contribution in [0, 0.1) is 0 Å². The number of benzene rings is 2. The van der Waals surface area contributed by atoms with Crippen LogP contribution >= 0.6 is 0 Å². The van der Waals surface area contributed by atoms with E-state index in [4.69, 9.17) is 42.3 Å². The van der Waals surface area contributed by atoms with Gasteiger partial charge >= 0.3 is 5.97 Å². The molecule has 0 radical (unpaired) electrons. The summed E-state index contributed by atoms with van der Waals surface area (Å²) in [6.07, 6.45) is 0. The maximum Gasteiger partial charge on any atom is 0.302 e. The van der Waals surface area contributed by atoms with Crippen LogP contribution in [0.3, 0.4) is 0 Å². The molecule has 0 saturated heterocycles. The smallest absolute Gasteiger partial charge is 0.302 e. The van der Waals surface area contributed by atoms with Crippen LogP contribution in [0.5, 0.6) is 0 Å². The van der Waals surface area contributed by atoms with Crippen molar-refractivity contribution in [2.75, 3.05) is 106 Å². The Kier molecular flexibility index (Phi) is 20.8. The first-order valence-electron chi connectivity index (χ1n) is 15.8. The molecule has 0 aliphatic heterocycles. The van der Waals surface area contributed by atoms with E-state index in [-0.39, 0.29) is 17.6 Å². The van der Waals surface area contributed by atoms with Crippen molar-refractivity contribution in [3.8, 4) is 0 Å². The summed E-state index contributed by atoms with van der Waals surface area (Å²) in [5.41, 5.74) is 0. The van der Waals surface area contributed by atoms with Crippen LogP contribution < -0.4 is 10.4 Å². The molecule has 2 aromatic carbocycles. The fraction of sp³-hybridized carbons (Fsp3) is 0.618. The number of rotatable bonds is 27. The molecule has 11 heteroatoms. The highest BCUT2D eigenvalue weighted by molar-refractivity contribution is 6.99. The number of carbonyl (C=O) groups is 1. The van der Waals surface area contributed by atoms with Crippen LogP contribution in [-0.4, -0.2) is 120 Å². The van der Waals surface area contributed by atoms with Gasteiger partial charge in [0.2, 0.25) is 0 Å². The summed E-state index contributed by atoms with van der Waals surface area (Å²) in [5.74, 6) is -0.309. The van der Waals surface area contributed by atoms with E-state index in [0.29, 0.717) is 99.1 Å². The van der Waals surface area contributed by atoms with E-state index in [9.17, 15) is 4.79 Å². The highest BCUT2D eigenvalue weighted by Gasteiger charge is 2.49. The average molecular weight is 651 g/mol. The van der Waals surface area contributed by atoms with Gasteiger partial charge in [0.05, 0.1) is 99.1 Å². The monoisotopic (exact) mass is 650 g/mol. The number of hydrogen-bond donors (Lipinski definition) is 0. The van der Waals surface area contributed by atoms with Gasteiger partial charge in [0.1, 0.15) is 6.61 Å². The summed E-state index contributed by atoms with van der Waals surface area (Å²) >= 11 is 0. The molecule has 0 aromatic heterocycles. The van der Waals surface area contributed by atoms with Crippen LogP contribution in [-0.2, 0) is 47.1 Å². The molecule has 10 nitrogen and oxygen atoms in total. The first-order valence-corrected chi connectivity index (χ1v) is 17.7. The zero-order valence-electron chi connectivity index (χ0n) is 27.7. The van der Waals surface area contributed by atoms with Crippen molar-refractivity contribution < 1.29 is 47.1 Å². The molecule has 0 unspecified atom stereocenters. The van der Waals surface area contributed by atoms with Crippen LogP contribution in [0.2, 0.25) is 5.04 Å². The topological polar surface area (TPSA) is 100 Å². The summed E-state index contributed by atoms with van der Waals surface area (Å²) in [6, 6.07) is 21.2. The predicted molar refractivity (Wildman–Crippen MR) is 176 cm³/mol. The minimum Gasteiger partial charge on any atom is -0.463 e. The Bertz CT molecular complexity index is 948. The molecule has 2 aromatic rings. The summed E-state index contributed by atoms with van der Waals surface area (Å²) in [4.78, 5) is 10.6. The molecule has 0 amide bonds. The molecule has 0 atom stereocenters. The third kappa shape index (κ3) is 16.3. The van der Waals surface area contributed by atoms with Crippen molar-refractivity contribution >= 4 is 24.7 Å². The van der Waals surface area contributed by atoms with Crippen molar-refractivity contribution in [2.45, 2.75) is 32.7 Å². The Morgan fingerprint density at radius 3 is 1.07 bits per heavy atom. The molecule has 2 rings (SSSR count). The molecule has 0 aliphatic rings. The van der Waals surface area contributed by atoms with Gasteiger partial charge in [-0.05, 0) is 15.4 Å². The molecule has 45 heavy (non-hydrogen) atoms. The average Bonchev–Trinajstić information content (AvgIpc) is 3.03. The maximum absolute atomic E-state index is 10.6. The van der Waals surface area contributed by atoms with Gasteiger partial charge < -0.3 is 42.3 Å². The van der Waals surface area contributed by atoms with Gasteiger partial charge in [0, 0.05) is 6.92 Å². The van der Waals surface area contributed by atoms with Crippen LogP contribution in [0.25, 0.3) is 0 Å². The van der Waals surface area contributed by atoms with Gasteiger partial charge in [-0.1, -0.05) is 81.4 Å². The highest BCUT2D eigenvalue weighted by Crippen LogP contribution is 2.36. The van der Waals surface area contributed by atoms with Crippen molar-refractivity contribution in [3.05, 3.63) is 60.7 Å². The number of carbonyl (C=O) groups excluding carboxylic acids is 1. The van der Waals surface area contributed by atoms with Gasteiger partial charge in [-0.2, -0.15) is 0 Å². The third-order valence-corrected chi connectivity index (χ3v) is 11.8. The fourth-order valence-electron chi connectivity index (χ4n) is 4.68. The second-order valence-electron chi connectivity index (χ2n) is 11.1. The molecule has 0 saturated carbocycles. The lowest BCUT2D eigenvalue weighted by atomic mass is 10.2. The molecule has 0 aliphatic carbocycles.